The Labute approximate surface area is 109 Å². The Bertz CT molecular complexity index is 513. The van der Waals surface area contributed by atoms with E-state index in [0.29, 0.717) is 0 Å². The van der Waals surface area contributed by atoms with Crippen LogP contribution in [0, 0.1) is 0 Å². The van der Waals surface area contributed by atoms with Crippen molar-refractivity contribution in [1.82, 2.24) is 5.32 Å². The van der Waals surface area contributed by atoms with Crippen molar-refractivity contribution >= 4 is 23.5 Å². The Hall–Kier alpha value is -2.57. The molecule has 7 heteroatoms. The first-order chi connectivity index (χ1) is 8.91. The fourth-order valence-corrected chi connectivity index (χ4v) is 1.47. The van der Waals surface area contributed by atoms with Gasteiger partial charge in [-0.25, -0.2) is 4.79 Å². The number of nitrogens with two attached hydrogens (primary N) is 1. The third kappa shape index (κ3) is 4.30. The van der Waals surface area contributed by atoms with Crippen LogP contribution in [0.25, 0.3) is 0 Å². The Balaban J connectivity index is 2.73. The summed E-state index contributed by atoms with van der Waals surface area (Å²) in [6.45, 7) is 0.152. The third-order valence-electron chi connectivity index (χ3n) is 2.37. The van der Waals surface area contributed by atoms with E-state index in [4.69, 9.17) is 15.9 Å². The molecule has 0 heterocycles. The van der Waals surface area contributed by atoms with E-state index >= 15 is 0 Å². The van der Waals surface area contributed by atoms with Crippen LogP contribution < -0.4 is 11.1 Å². The molecule has 0 saturated carbocycles. The number of amides is 1. The molecule has 102 valence electrons. The summed E-state index contributed by atoms with van der Waals surface area (Å²) in [6.07, 6.45) is 0.203. The molecule has 0 aliphatic heterocycles. The molecule has 0 spiro atoms. The zero-order valence-corrected chi connectivity index (χ0v) is 10.0. The Kier molecular flexibility index (Phi) is 4.87. The van der Waals surface area contributed by atoms with E-state index in [1.165, 1.54) is 18.2 Å². The Morgan fingerprint density at radius 1 is 1.16 bits per heavy atom. The summed E-state index contributed by atoms with van der Waals surface area (Å²) in [5.41, 5.74) is 5.60. The molecular formula is C12H14N2O5. The van der Waals surface area contributed by atoms with Crippen molar-refractivity contribution in [3.05, 3.63) is 29.3 Å². The van der Waals surface area contributed by atoms with Crippen molar-refractivity contribution in [3.8, 4) is 0 Å². The molecule has 1 rings (SSSR count). The maximum atomic E-state index is 11.8. The molecule has 19 heavy (non-hydrogen) atoms. The van der Waals surface area contributed by atoms with Crippen LogP contribution in [-0.2, 0) is 4.79 Å². The number of nitrogen functional groups attached to an aromatic ring is 1. The molecule has 0 atom stereocenters. The molecule has 0 aliphatic rings. The van der Waals surface area contributed by atoms with Crippen LogP contribution in [0.2, 0.25) is 0 Å². The molecule has 0 aliphatic carbocycles. The molecular weight excluding hydrogens is 252 g/mol. The van der Waals surface area contributed by atoms with E-state index in [1.54, 1.807) is 0 Å². The predicted octanol–water partition coefficient (Wildman–Crippen LogP) is 0.562. The Morgan fingerprint density at radius 3 is 2.42 bits per heavy atom. The van der Waals surface area contributed by atoms with Crippen LogP contribution in [0.3, 0.4) is 0 Å². The van der Waals surface area contributed by atoms with Crippen LogP contribution in [0.5, 0.6) is 0 Å². The van der Waals surface area contributed by atoms with E-state index in [0.717, 1.165) is 0 Å². The summed E-state index contributed by atoms with van der Waals surface area (Å²) >= 11 is 0. The molecule has 1 aromatic carbocycles. The fourth-order valence-electron chi connectivity index (χ4n) is 1.47. The lowest BCUT2D eigenvalue weighted by atomic mass is 10.1. The summed E-state index contributed by atoms with van der Waals surface area (Å²) in [5.74, 6) is -2.77. The first-order valence-corrected chi connectivity index (χ1v) is 5.54. The second-order valence-corrected chi connectivity index (χ2v) is 3.86. The molecule has 0 bridgehead atoms. The van der Waals surface area contributed by atoms with E-state index in [2.05, 4.69) is 5.32 Å². The van der Waals surface area contributed by atoms with E-state index in [9.17, 15) is 14.4 Å². The van der Waals surface area contributed by atoms with Crippen molar-refractivity contribution in [2.45, 2.75) is 12.8 Å². The highest BCUT2D eigenvalue weighted by atomic mass is 16.4. The van der Waals surface area contributed by atoms with Gasteiger partial charge < -0.3 is 21.3 Å². The van der Waals surface area contributed by atoms with Gasteiger partial charge in [0.15, 0.2) is 0 Å². The molecule has 1 aromatic rings. The quantitative estimate of drug-likeness (QED) is 0.439. The molecule has 7 nitrogen and oxygen atoms in total. The van der Waals surface area contributed by atoms with Gasteiger partial charge in [0.05, 0.1) is 11.1 Å². The van der Waals surface area contributed by atoms with E-state index in [1.807, 2.05) is 0 Å². The highest BCUT2D eigenvalue weighted by Crippen LogP contribution is 2.13. The monoisotopic (exact) mass is 266 g/mol. The van der Waals surface area contributed by atoms with Gasteiger partial charge in [-0.15, -0.1) is 0 Å². The largest absolute Gasteiger partial charge is 0.481 e. The van der Waals surface area contributed by atoms with E-state index < -0.39 is 17.8 Å². The van der Waals surface area contributed by atoms with Gasteiger partial charge in [0.1, 0.15) is 0 Å². The highest BCUT2D eigenvalue weighted by Gasteiger charge is 2.16. The number of nitrogens with one attached hydrogen (secondary N) is 1. The average molecular weight is 266 g/mol. The number of carboxylic acids is 2. The van der Waals surface area contributed by atoms with Gasteiger partial charge >= 0.3 is 11.9 Å². The molecule has 0 fully saturated rings. The molecule has 5 N–H and O–H groups in total. The molecule has 0 radical (unpaired) electrons. The normalized spacial score (nSPS) is 9.89. The minimum absolute atomic E-state index is 0.0391. The van der Waals surface area contributed by atoms with Gasteiger partial charge in [-0.2, -0.15) is 0 Å². The minimum Gasteiger partial charge on any atom is -0.481 e. The van der Waals surface area contributed by atoms with Crippen LogP contribution >= 0.6 is 0 Å². The smallest absolute Gasteiger partial charge is 0.336 e. The topological polar surface area (TPSA) is 130 Å². The molecule has 1 amide bonds. The predicted molar refractivity (Wildman–Crippen MR) is 67.0 cm³/mol. The van der Waals surface area contributed by atoms with Gasteiger partial charge in [0.25, 0.3) is 5.91 Å². The zero-order valence-electron chi connectivity index (χ0n) is 10.0. The maximum absolute atomic E-state index is 11.8. The molecule has 0 aromatic heterocycles. The van der Waals surface area contributed by atoms with Crippen molar-refractivity contribution in [2.75, 3.05) is 12.3 Å². The number of anilines is 1. The zero-order chi connectivity index (χ0) is 14.4. The van der Waals surface area contributed by atoms with E-state index in [-0.39, 0.29) is 36.2 Å². The van der Waals surface area contributed by atoms with Gasteiger partial charge in [0, 0.05) is 18.7 Å². The standard InChI is InChI=1S/C12H14N2O5/c13-7-3-4-8(12(18)19)9(6-7)11(17)14-5-1-2-10(15)16/h3-4,6H,1-2,5,13H2,(H,14,17)(H,15,16)(H,18,19). The van der Waals surface area contributed by atoms with Gasteiger partial charge in [-0.1, -0.05) is 0 Å². The molecule has 0 unspecified atom stereocenters. The number of hydrogen-bond donors (Lipinski definition) is 4. The van der Waals surface area contributed by atoms with Crippen molar-refractivity contribution < 1.29 is 24.6 Å². The summed E-state index contributed by atoms with van der Waals surface area (Å²) in [5, 5.41) is 19.8. The number of benzene rings is 1. The van der Waals surface area contributed by atoms with Gasteiger partial charge in [-0.05, 0) is 24.6 Å². The number of carbonyl (C=O) groups is 3. The number of aromatic carboxylic acids is 1. The van der Waals surface area contributed by atoms with Crippen LogP contribution in [0.4, 0.5) is 5.69 Å². The summed E-state index contributed by atoms with van der Waals surface area (Å²) in [7, 11) is 0. The second kappa shape index (κ2) is 6.39. The Morgan fingerprint density at radius 2 is 1.84 bits per heavy atom. The summed E-state index contributed by atoms with van der Waals surface area (Å²) in [6, 6.07) is 3.92. The van der Waals surface area contributed by atoms with Crippen LogP contribution in [0.15, 0.2) is 18.2 Å². The SMILES string of the molecule is Nc1ccc(C(=O)O)c(C(=O)NCCCC(=O)O)c1. The fraction of sp³-hybridized carbons (Fsp3) is 0.250. The first-order valence-electron chi connectivity index (χ1n) is 5.54. The molecule has 0 saturated heterocycles. The minimum atomic E-state index is -1.23. The van der Waals surface area contributed by atoms with Gasteiger partial charge in [0.2, 0.25) is 0 Å². The number of carboxylic acid groups (broad SMARTS) is 2. The second-order valence-electron chi connectivity index (χ2n) is 3.86. The lowest BCUT2D eigenvalue weighted by molar-refractivity contribution is -0.137. The van der Waals surface area contributed by atoms with Crippen LogP contribution in [0.1, 0.15) is 33.6 Å². The first kappa shape index (κ1) is 14.5. The van der Waals surface area contributed by atoms with Crippen molar-refractivity contribution in [2.24, 2.45) is 0 Å². The van der Waals surface area contributed by atoms with Crippen molar-refractivity contribution in [3.63, 3.8) is 0 Å². The number of hydrogen-bond acceptors (Lipinski definition) is 4. The van der Waals surface area contributed by atoms with Crippen LogP contribution in [-0.4, -0.2) is 34.6 Å². The lowest BCUT2D eigenvalue weighted by Crippen LogP contribution is -2.26. The number of carbonyl (C=O) groups excluding carboxylic acids is 1. The summed E-state index contributed by atoms with van der Waals surface area (Å²) in [4.78, 5) is 33.0. The third-order valence-corrected chi connectivity index (χ3v) is 2.37. The number of rotatable bonds is 6. The summed E-state index contributed by atoms with van der Waals surface area (Å²) < 4.78 is 0. The van der Waals surface area contributed by atoms with Gasteiger partial charge in [-0.3, -0.25) is 9.59 Å². The maximum Gasteiger partial charge on any atom is 0.336 e. The lowest BCUT2D eigenvalue weighted by Gasteiger charge is -2.08. The number of aliphatic carboxylic acids is 1. The average Bonchev–Trinajstić information content (AvgIpc) is 2.33. The highest BCUT2D eigenvalue weighted by molar-refractivity contribution is 6.05. The van der Waals surface area contributed by atoms with Crippen molar-refractivity contribution in [1.29, 1.82) is 0 Å².